The second-order valence-electron chi connectivity index (χ2n) is 8.18. The van der Waals surface area contributed by atoms with E-state index in [1.165, 1.54) is 16.8 Å². The summed E-state index contributed by atoms with van der Waals surface area (Å²) in [7, 11) is 0. The van der Waals surface area contributed by atoms with Gasteiger partial charge in [0.25, 0.3) is 0 Å². The van der Waals surface area contributed by atoms with Gasteiger partial charge in [0, 0.05) is 61.3 Å². The van der Waals surface area contributed by atoms with Gasteiger partial charge >= 0.3 is 6.09 Å². The van der Waals surface area contributed by atoms with Crippen LogP contribution in [0.5, 0.6) is 0 Å². The monoisotopic (exact) mass is 503 g/mol. The summed E-state index contributed by atoms with van der Waals surface area (Å²) in [5.41, 5.74) is 5.08. The Labute approximate surface area is 186 Å². The highest BCUT2D eigenvalue weighted by Gasteiger charge is 2.41. The maximum atomic E-state index is 12.9. The van der Waals surface area contributed by atoms with Crippen molar-refractivity contribution in [1.29, 1.82) is 0 Å². The number of hydrogen-bond acceptors (Lipinski definition) is 4. The van der Waals surface area contributed by atoms with Crippen LogP contribution in [0.2, 0.25) is 0 Å². The lowest BCUT2D eigenvalue weighted by Crippen LogP contribution is -2.42. The largest absolute Gasteiger partial charge is 0.445 e. The summed E-state index contributed by atoms with van der Waals surface area (Å²) in [6, 6.07) is 17.0. The van der Waals surface area contributed by atoms with E-state index in [4.69, 9.17) is 4.74 Å². The summed E-state index contributed by atoms with van der Waals surface area (Å²) >= 11 is 2.41. The van der Waals surface area contributed by atoms with Crippen molar-refractivity contribution in [3.05, 3.63) is 65.2 Å². The Balaban J connectivity index is 1.32. The Morgan fingerprint density at radius 3 is 2.59 bits per heavy atom. The Kier molecular flexibility index (Phi) is 5.39. The molecule has 2 aromatic carbocycles. The number of nitrogens with zero attached hydrogens (tertiary/aromatic N) is 3. The minimum absolute atomic E-state index is 0.151. The van der Waals surface area contributed by atoms with Crippen LogP contribution in [0.4, 0.5) is 10.5 Å². The van der Waals surface area contributed by atoms with Crippen molar-refractivity contribution in [2.24, 2.45) is 0 Å². The van der Waals surface area contributed by atoms with Gasteiger partial charge < -0.3 is 14.5 Å². The summed E-state index contributed by atoms with van der Waals surface area (Å²) < 4.78 is 8.01. The molecule has 2 saturated heterocycles. The fourth-order valence-electron chi connectivity index (χ4n) is 4.92. The van der Waals surface area contributed by atoms with E-state index in [1.807, 2.05) is 35.2 Å². The van der Waals surface area contributed by atoms with E-state index in [0.717, 1.165) is 51.1 Å². The molecule has 1 unspecified atom stereocenters. The van der Waals surface area contributed by atoms with Crippen LogP contribution in [-0.4, -0.2) is 46.8 Å². The molecule has 0 aromatic heterocycles. The summed E-state index contributed by atoms with van der Waals surface area (Å²) in [4.78, 5) is 17.3. The molecule has 2 bridgehead atoms. The van der Waals surface area contributed by atoms with Gasteiger partial charge in [-0.2, -0.15) is 0 Å². The van der Waals surface area contributed by atoms with Crippen molar-refractivity contribution in [2.45, 2.75) is 31.4 Å². The molecule has 2 aliphatic heterocycles. The van der Waals surface area contributed by atoms with Crippen molar-refractivity contribution in [3.63, 3.8) is 0 Å². The maximum absolute atomic E-state index is 12.9. The van der Waals surface area contributed by atoms with Crippen molar-refractivity contribution >= 4 is 34.6 Å². The molecule has 152 valence electrons. The first-order valence-electron chi connectivity index (χ1n) is 10.5. The highest BCUT2D eigenvalue weighted by atomic mass is 127. The van der Waals surface area contributed by atoms with Crippen LogP contribution in [0, 0.1) is 0 Å². The molecule has 0 spiro atoms. The number of likely N-dealkylation sites (tertiary alicyclic amines) is 1. The highest BCUT2D eigenvalue weighted by molar-refractivity contribution is 14.1. The predicted octanol–water partition coefficient (Wildman–Crippen LogP) is 4.73. The minimum atomic E-state index is -0.186. The molecule has 2 aromatic rings. The van der Waals surface area contributed by atoms with Gasteiger partial charge in [0.1, 0.15) is 6.61 Å². The van der Waals surface area contributed by atoms with Gasteiger partial charge in [0.05, 0.1) is 6.04 Å². The molecular formula is C23H26IN3O2. The van der Waals surface area contributed by atoms with Crippen LogP contribution < -0.4 is 4.90 Å². The third-order valence-electron chi connectivity index (χ3n) is 6.50. The molecule has 6 heteroatoms. The van der Waals surface area contributed by atoms with Gasteiger partial charge in [-0.05, 0) is 47.6 Å². The molecular weight excluding hydrogens is 477 g/mol. The average molecular weight is 503 g/mol. The Hall–Kier alpha value is -1.80. The number of anilines is 1. The Morgan fingerprint density at radius 2 is 1.79 bits per heavy atom. The number of piperidine rings is 1. The lowest BCUT2D eigenvalue weighted by atomic mass is 9.96. The number of hydrogen-bond donors (Lipinski definition) is 0. The molecule has 1 aliphatic carbocycles. The van der Waals surface area contributed by atoms with Crippen LogP contribution in [0.15, 0.2) is 48.5 Å². The standard InChI is InChI=1S/C23H26IN3O2/c24-26-12-10-25(11-13-26)19-6-7-20-18-8-9-27(22(14-18)21(20)15-19)23(28)29-16-17-4-2-1-3-5-17/h1-7,15,18,22H,8-14,16H2/t18?,22-/m1/s1. The molecule has 0 N–H and O–H groups in total. The summed E-state index contributed by atoms with van der Waals surface area (Å²) in [6.45, 7) is 5.39. The topological polar surface area (TPSA) is 36.0 Å². The van der Waals surface area contributed by atoms with Crippen molar-refractivity contribution in [3.8, 4) is 0 Å². The van der Waals surface area contributed by atoms with Crippen molar-refractivity contribution < 1.29 is 9.53 Å². The number of amides is 1. The number of rotatable bonds is 3. The van der Waals surface area contributed by atoms with Gasteiger partial charge in [0.15, 0.2) is 0 Å². The molecule has 29 heavy (non-hydrogen) atoms. The van der Waals surface area contributed by atoms with E-state index < -0.39 is 0 Å². The first-order valence-corrected chi connectivity index (χ1v) is 11.4. The molecule has 2 heterocycles. The second-order valence-corrected chi connectivity index (χ2v) is 9.55. The molecule has 2 fully saturated rings. The second kappa shape index (κ2) is 8.14. The van der Waals surface area contributed by atoms with E-state index in [9.17, 15) is 4.79 Å². The number of halogens is 1. The summed E-state index contributed by atoms with van der Waals surface area (Å²) in [5.74, 6) is 0.577. The van der Waals surface area contributed by atoms with Crippen molar-refractivity contribution in [2.75, 3.05) is 37.6 Å². The first kappa shape index (κ1) is 19.2. The molecule has 2 atom stereocenters. The van der Waals surface area contributed by atoms with E-state index in [0.29, 0.717) is 12.5 Å². The minimum Gasteiger partial charge on any atom is -0.445 e. The zero-order valence-electron chi connectivity index (χ0n) is 16.5. The van der Waals surface area contributed by atoms with E-state index in [2.05, 4.69) is 49.1 Å². The summed E-state index contributed by atoms with van der Waals surface area (Å²) in [5, 5.41) is 0. The molecule has 5 rings (SSSR count). The van der Waals surface area contributed by atoms with Gasteiger partial charge in [-0.25, -0.2) is 7.91 Å². The molecule has 3 aliphatic rings. The zero-order valence-corrected chi connectivity index (χ0v) is 18.6. The third-order valence-corrected chi connectivity index (χ3v) is 7.47. The fourth-order valence-corrected chi connectivity index (χ4v) is 5.35. The molecule has 0 radical (unpaired) electrons. The molecule has 1 amide bonds. The average Bonchev–Trinajstić information content (AvgIpc) is 3.05. The van der Waals surface area contributed by atoms with Gasteiger partial charge in [-0.15, -0.1) is 0 Å². The van der Waals surface area contributed by atoms with E-state index in [-0.39, 0.29) is 12.1 Å². The molecule has 0 saturated carbocycles. The van der Waals surface area contributed by atoms with Gasteiger partial charge in [0.2, 0.25) is 0 Å². The number of carbonyl (C=O) groups is 1. The third kappa shape index (κ3) is 3.84. The number of carbonyl (C=O) groups excluding carboxylic acids is 1. The highest BCUT2D eigenvalue weighted by Crippen LogP contribution is 2.50. The number of ether oxygens (including phenoxy) is 1. The smallest absolute Gasteiger partial charge is 0.410 e. The first-order chi connectivity index (χ1) is 14.2. The SMILES string of the molecule is O=C(OCc1ccccc1)N1CCC2C[C@@H]1c1cc(N3CCN(I)CC3)ccc12. The van der Waals surface area contributed by atoms with Crippen molar-refractivity contribution in [1.82, 2.24) is 8.01 Å². The molecule has 5 nitrogen and oxygen atoms in total. The Morgan fingerprint density at radius 1 is 1.00 bits per heavy atom. The van der Waals surface area contributed by atoms with E-state index >= 15 is 0 Å². The lowest BCUT2D eigenvalue weighted by Gasteiger charge is -2.34. The van der Waals surface area contributed by atoms with Crippen LogP contribution in [-0.2, 0) is 11.3 Å². The predicted molar refractivity (Wildman–Crippen MR) is 122 cm³/mol. The Bertz CT molecular complexity index is 883. The number of fused-ring (bicyclic) bond motifs is 5. The van der Waals surface area contributed by atoms with Gasteiger partial charge in [-0.1, -0.05) is 36.4 Å². The quantitative estimate of drug-likeness (QED) is 0.449. The van der Waals surface area contributed by atoms with Crippen LogP contribution in [0.1, 0.15) is 41.5 Å². The van der Waals surface area contributed by atoms with Crippen LogP contribution >= 0.6 is 22.9 Å². The van der Waals surface area contributed by atoms with Crippen LogP contribution in [0.25, 0.3) is 0 Å². The number of benzene rings is 2. The summed E-state index contributed by atoms with van der Waals surface area (Å²) in [6.07, 6.45) is 1.87. The normalized spacial score (nSPS) is 23.8. The number of piperazine rings is 1. The van der Waals surface area contributed by atoms with Gasteiger partial charge in [-0.3, -0.25) is 0 Å². The maximum Gasteiger partial charge on any atom is 0.410 e. The van der Waals surface area contributed by atoms with Crippen LogP contribution in [0.3, 0.4) is 0 Å². The zero-order chi connectivity index (χ0) is 19.8. The fraction of sp³-hybridized carbons (Fsp3) is 0.435. The van der Waals surface area contributed by atoms with E-state index in [1.54, 1.807) is 0 Å². The lowest BCUT2D eigenvalue weighted by molar-refractivity contribution is 0.0694.